The summed E-state index contributed by atoms with van der Waals surface area (Å²) in [4.78, 5) is 16.2. The molecule has 0 aromatic carbocycles. The molecule has 0 aliphatic carbocycles. The number of nitrogens with zero attached hydrogens (tertiary/aromatic N) is 3. The molecule has 0 radical (unpaired) electrons. The van der Waals surface area contributed by atoms with Crippen LogP contribution < -0.4 is 0 Å². The lowest BCUT2D eigenvalue weighted by molar-refractivity contribution is -0.478. The van der Waals surface area contributed by atoms with Crippen LogP contribution in [-0.2, 0) is 4.79 Å². The van der Waals surface area contributed by atoms with Crippen LogP contribution in [0, 0.1) is 0 Å². The largest absolute Gasteiger partial charge is 0.376 e. The first-order chi connectivity index (χ1) is 14.5. The van der Waals surface area contributed by atoms with Gasteiger partial charge in [-0.15, -0.1) is 0 Å². The lowest BCUT2D eigenvalue weighted by Gasteiger charge is -2.08. The van der Waals surface area contributed by atoms with E-state index in [9.17, 15) is 4.79 Å². The van der Waals surface area contributed by atoms with Crippen LogP contribution in [0.15, 0.2) is 71.1 Å². The molecule has 0 atom stereocenters. The van der Waals surface area contributed by atoms with Crippen molar-refractivity contribution >= 4 is 12.1 Å². The molecule has 0 aromatic rings. The standard InChI is InChI=1S/C20H24N3O.3C2H6/c1-21-11-9-16(14-21)5-4-6-19-13-18(20(24)23(19)3)8-7-17-10-12-22(2)15-17;3*1-2/h4-12H,13-15H2,1-3H3;3*1-2H3/q+1;;;. The third-order valence-corrected chi connectivity index (χ3v) is 4.43. The molecular formula is C26H42N3O+. The molecule has 0 spiro atoms. The van der Waals surface area contributed by atoms with Crippen molar-refractivity contribution in [2.75, 3.05) is 34.2 Å². The predicted molar refractivity (Wildman–Crippen MR) is 132 cm³/mol. The van der Waals surface area contributed by atoms with Gasteiger partial charge in [-0.05, 0) is 23.9 Å². The minimum Gasteiger partial charge on any atom is -0.376 e. The number of likely N-dealkylation sites (N-methyl/N-ethyl adjacent to an activating group) is 3. The first kappa shape index (κ1) is 27.4. The molecule has 4 heteroatoms. The van der Waals surface area contributed by atoms with Gasteiger partial charge in [-0.1, -0.05) is 65.8 Å². The Kier molecular flexibility index (Phi) is 13.9. The second-order valence-electron chi connectivity index (χ2n) is 6.53. The molecule has 4 nitrogen and oxygen atoms in total. The van der Waals surface area contributed by atoms with Gasteiger partial charge in [0, 0.05) is 50.0 Å². The third kappa shape index (κ3) is 8.40. The zero-order chi connectivity index (χ0) is 23.1. The van der Waals surface area contributed by atoms with Crippen molar-refractivity contribution in [1.29, 1.82) is 0 Å². The summed E-state index contributed by atoms with van der Waals surface area (Å²) in [6.07, 6.45) is 19.2. The summed E-state index contributed by atoms with van der Waals surface area (Å²) in [5, 5.41) is 0. The van der Waals surface area contributed by atoms with Gasteiger partial charge in [0.05, 0.1) is 0 Å². The van der Waals surface area contributed by atoms with Gasteiger partial charge < -0.3 is 9.80 Å². The summed E-state index contributed by atoms with van der Waals surface area (Å²) in [6, 6.07) is 0. The van der Waals surface area contributed by atoms with Crippen molar-refractivity contribution in [2.45, 2.75) is 48.0 Å². The molecular weight excluding hydrogens is 370 g/mol. The fourth-order valence-corrected chi connectivity index (χ4v) is 2.98. The lowest BCUT2D eigenvalue weighted by Crippen LogP contribution is -2.17. The highest BCUT2D eigenvalue weighted by Gasteiger charge is 2.26. The maximum atomic E-state index is 12.4. The summed E-state index contributed by atoms with van der Waals surface area (Å²) in [7, 11) is 5.94. The summed E-state index contributed by atoms with van der Waals surface area (Å²) in [5.41, 5.74) is 4.39. The predicted octanol–water partition coefficient (Wildman–Crippen LogP) is 5.33. The van der Waals surface area contributed by atoms with Crippen LogP contribution in [0.3, 0.4) is 0 Å². The quantitative estimate of drug-likeness (QED) is 0.462. The first-order valence-electron chi connectivity index (χ1n) is 11.2. The molecule has 0 bridgehead atoms. The van der Waals surface area contributed by atoms with Crippen molar-refractivity contribution in [1.82, 2.24) is 9.80 Å². The monoisotopic (exact) mass is 412 g/mol. The lowest BCUT2D eigenvalue weighted by atomic mass is 10.1. The number of hydrogen-bond donors (Lipinski definition) is 0. The molecule has 3 rings (SSSR count). The number of rotatable bonds is 3. The summed E-state index contributed by atoms with van der Waals surface area (Å²) in [6.45, 7) is 13.8. The molecule has 0 saturated carbocycles. The van der Waals surface area contributed by atoms with E-state index in [2.05, 4.69) is 53.2 Å². The highest BCUT2D eigenvalue weighted by Crippen LogP contribution is 2.26. The van der Waals surface area contributed by atoms with E-state index >= 15 is 0 Å². The van der Waals surface area contributed by atoms with Gasteiger partial charge in [-0.3, -0.25) is 4.79 Å². The van der Waals surface area contributed by atoms with Crippen LogP contribution in [0.2, 0.25) is 0 Å². The van der Waals surface area contributed by atoms with Gasteiger partial charge in [-0.2, -0.15) is 0 Å². The van der Waals surface area contributed by atoms with Crippen LogP contribution in [0.1, 0.15) is 48.0 Å². The Balaban J connectivity index is 0.00000129. The van der Waals surface area contributed by atoms with E-state index in [1.165, 1.54) is 11.1 Å². The molecule has 3 aliphatic heterocycles. The molecule has 166 valence electrons. The number of carbonyl (C=O) groups is 1. The van der Waals surface area contributed by atoms with Gasteiger partial charge in [0.1, 0.15) is 7.05 Å². The molecule has 0 aromatic heterocycles. The number of allylic oxidation sites excluding steroid dienone is 6. The van der Waals surface area contributed by atoms with Gasteiger partial charge in [0.2, 0.25) is 0 Å². The van der Waals surface area contributed by atoms with Crippen molar-refractivity contribution in [3.63, 3.8) is 0 Å². The summed E-state index contributed by atoms with van der Waals surface area (Å²) >= 11 is 0. The van der Waals surface area contributed by atoms with Crippen molar-refractivity contribution < 1.29 is 9.37 Å². The van der Waals surface area contributed by atoms with Gasteiger partial charge in [-0.25, -0.2) is 4.58 Å². The van der Waals surface area contributed by atoms with E-state index in [1.54, 1.807) is 4.90 Å². The number of likely N-dealkylation sites (tertiary alicyclic amines) is 1. The normalized spacial score (nSPS) is 21.4. The first-order valence-corrected chi connectivity index (χ1v) is 11.2. The Labute approximate surface area is 185 Å². The van der Waals surface area contributed by atoms with E-state index < -0.39 is 0 Å². The van der Waals surface area contributed by atoms with Crippen molar-refractivity contribution in [2.24, 2.45) is 0 Å². The highest BCUT2D eigenvalue weighted by molar-refractivity contribution is 5.98. The summed E-state index contributed by atoms with van der Waals surface area (Å²) in [5.74, 6) is 0.0926. The van der Waals surface area contributed by atoms with Gasteiger partial charge in [0.25, 0.3) is 5.91 Å². The Morgan fingerprint density at radius 1 is 1.00 bits per heavy atom. The second-order valence-corrected chi connectivity index (χ2v) is 6.53. The maximum absolute atomic E-state index is 12.4. The Bertz CT molecular complexity index is 761. The molecule has 1 saturated heterocycles. The molecule has 3 heterocycles. The van der Waals surface area contributed by atoms with Crippen LogP contribution >= 0.6 is 0 Å². The van der Waals surface area contributed by atoms with Gasteiger partial charge >= 0.3 is 0 Å². The van der Waals surface area contributed by atoms with E-state index in [4.69, 9.17) is 0 Å². The second kappa shape index (κ2) is 15.3. The highest BCUT2D eigenvalue weighted by atomic mass is 16.2. The van der Waals surface area contributed by atoms with E-state index in [-0.39, 0.29) is 5.91 Å². The zero-order valence-electron chi connectivity index (χ0n) is 20.6. The van der Waals surface area contributed by atoms with Crippen LogP contribution in [-0.4, -0.2) is 60.7 Å². The molecule has 3 aliphatic rings. The average Bonchev–Trinajstić information content (AvgIpc) is 3.47. The van der Waals surface area contributed by atoms with Crippen molar-refractivity contribution in [3.05, 3.63) is 71.1 Å². The Morgan fingerprint density at radius 3 is 2.20 bits per heavy atom. The minimum absolute atomic E-state index is 0.0926. The number of carbonyl (C=O) groups excluding carboxylic acids is 1. The van der Waals surface area contributed by atoms with Crippen LogP contribution in [0.4, 0.5) is 0 Å². The fourth-order valence-electron chi connectivity index (χ4n) is 2.98. The topological polar surface area (TPSA) is 26.6 Å². The number of amides is 1. The van der Waals surface area contributed by atoms with Crippen LogP contribution in [0.5, 0.6) is 0 Å². The van der Waals surface area contributed by atoms with E-state index in [0.717, 1.165) is 24.4 Å². The average molecular weight is 413 g/mol. The van der Waals surface area contributed by atoms with Gasteiger partial charge in [0.15, 0.2) is 12.8 Å². The molecule has 30 heavy (non-hydrogen) atoms. The molecule has 1 fully saturated rings. The Hall–Kier alpha value is -2.62. The summed E-state index contributed by atoms with van der Waals surface area (Å²) < 4.78 is 2.14. The zero-order valence-corrected chi connectivity index (χ0v) is 20.6. The minimum atomic E-state index is 0.0926. The SMILES string of the molecule is CC.CC.CC.CN1C=CC(=CC=C2CC(=CC=CC3=CC=[N+](C)C3)N(C)C2=O)C1. The Morgan fingerprint density at radius 2 is 1.67 bits per heavy atom. The third-order valence-electron chi connectivity index (χ3n) is 4.43. The van der Waals surface area contributed by atoms with Crippen LogP contribution in [0.25, 0.3) is 0 Å². The molecule has 0 N–H and O–H groups in total. The fraction of sp³-hybridized carbons (Fsp3) is 0.462. The van der Waals surface area contributed by atoms with E-state index in [0.29, 0.717) is 6.42 Å². The van der Waals surface area contributed by atoms with Crippen molar-refractivity contribution in [3.8, 4) is 0 Å². The maximum Gasteiger partial charge on any atom is 0.254 e. The molecule has 0 unspecified atom stereocenters. The molecule has 1 amide bonds. The number of hydrogen-bond acceptors (Lipinski definition) is 2. The van der Waals surface area contributed by atoms with E-state index in [1.807, 2.05) is 73.9 Å². The smallest absolute Gasteiger partial charge is 0.254 e.